The first-order valence-electron chi connectivity index (χ1n) is 13.1. The molecule has 0 unspecified atom stereocenters. The van der Waals surface area contributed by atoms with Crippen LogP contribution in [0.25, 0.3) is 0 Å². The van der Waals surface area contributed by atoms with Gasteiger partial charge in [-0.25, -0.2) is 28.7 Å². The Morgan fingerprint density at radius 3 is 1.64 bits per heavy atom. The monoisotopic (exact) mass is 621 g/mol. The molecule has 234 valence electrons. The van der Waals surface area contributed by atoms with Crippen molar-refractivity contribution in [1.29, 1.82) is 0 Å². The van der Waals surface area contributed by atoms with Crippen molar-refractivity contribution in [2.24, 2.45) is 5.16 Å². The van der Waals surface area contributed by atoms with E-state index in [0.29, 0.717) is 34.8 Å². The van der Waals surface area contributed by atoms with Crippen molar-refractivity contribution in [1.82, 2.24) is 30.6 Å². The second kappa shape index (κ2) is 16.1. The number of aryl methyl sites for hydroxylation is 2. The quantitative estimate of drug-likeness (QED) is 0.103. The molecule has 2 aromatic carbocycles. The van der Waals surface area contributed by atoms with Gasteiger partial charge in [0.1, 0.15) is 28.7 Å². The number of carbonyl (C=O) groups is 3. The Balaban J connectivity index is 0.000000246. The Morgan fingerprint density at radius 1 is 0.778 bits per heavy atom. The second-order valence-corrected chi connectivity index (χ2v) is 9.12. The van der Waals surface area contributed by atoms with Gasteiger partial charge in [-0.2, -0.15) is 0 Å². The van der Waals surface area contributed by atoms with Crippen LogP contribution in [0.3, 0.4) is 0 Å². The number of methoxy groups -OCH3 is 2. The zero-order chi connectivity index (χ0) is 32.9. The lowest BCUT2D eigenvalue weighted by Crippen LogP contribution is -2.24. The molecule has 4 rings (SSSR count). The predicted molar refractivity (Wildman–Crippen MR) is 157 cm³/mol. The lowest BCUT2D eigenvalue weighted by Gasteiger charge is -2.08. The molecule has 0 aliphatic rings. The van der Waals surface area contributed by atoms with Gasteiger partial charge < -0.3 is 25.3 Å². The van der Waals surface area contributed by atoms with E-state index in [1.54, 1.807) is 26.0 Å². The lowest BCUT2D eigenvalue weighted by molar-refractivity contribution is 0.0937. The fourth-order valence-corrected chi connectivity index (χ4v) is 3.77. The number of hydrogen-bond donors (Lipinski definition) is 3. The molecule has 0 radical (unpaired) electrons. The molecule has 4 aromatic rings. The van der Waals surface area contributed by atoms with Crippen molar-refractivity contribution in [3.05, 3.63) is 106 Å². The van der Waals surface area contributed by atoms with E-state index in [4.69, 9.17) is 14.7 Å². The number of aldehydes is 1. The minimum absolute atomic E-state index is 0.101. The van der Waals surface area contributed by atoms with Crippen LogP contribution in [0, 0.1) is 25.5 Å². The van der Waals surface area contributed by atoms with Gasteiger partial charge in [-0.05, 0) is 61.4 Å². The molecule has 0 bridgehead atoms. The highest BCUT2D eigenvalue weighted by molar-refractivity contribution is 5.94. The number of aromatic nitrogens is 4. The summed E-state index contributed by atoms with van der Waals surface area (Å²) in [6.45, 7) is 3.57. The molecule has 3 N–H and O–H groups in total. The highest BCUT2D eigenvalue weighted by atomic mass is 19.1. The van der Waals surface area contributed by atoms with Crippen LogP contribution in [0.5, 0.6) is 11.5 Å². The SMILES string of the molecule is COc1cc(CNC(=O)c2cc(/C=N/O)nc(C)n2)ccc1F.COc1cc(CNC(=O)c2cc(C=O)nc(C)n2)ccc1F. The topological polar surface area (TPSA) is 178 Å². The van der Waals surface area contributed by atoms with Gasteiger partial charge in [0.2, 0.25) is 0 Å². The van der Waals surface area contributed by atoms with Crippen LogP contribution in [-0.2, 0) is 13.1 Å². The summed E-state index contributed by atoms with van der Waals surface area (Å²) < 4.78 is 36.4. The third kappa shape index (κ3) is 9.84. The fourth-order valence-electron chi connectivity index (χ4n) is 3.77. The van der Waals surface area contributed by atoms with Gasteiger partial charge in [0.05, 0.1) is 26.1 Å². The summed E-state index contributed by atoms with van der Waals surface area (Å²) >= 11 is 0. The summed E-state index contributed by atoms with van der Waals surface area (Å²) in [5.74, 6) is -0.900. The normalized spacial score (nSPS) is 10.4. The van der Waals surface area contributed by atoms with E-state index >= 15 is 0 Å². The smallest absolute Gasteiger partial charge is 0.270 e. The molecule has 0 spiro atoms. The molecule has 13 nitrogen and oxygen atoms in total. The zero-order valence-electron chi connectivity index (χ0n) is 24.7. The van der Waals surface area contributed by atoms with Gasteiger partial charge in [0, 0.05) is 13.1 Å². The maximum atomic E-state index is 13.3. The zero-order valence-corrected chi connectivity index (χ0v) is 24.7. The number of halogens is 2. The molecule has 0 atom stereocenters. The van der Waals surface area contributed by atoms with Crippen molar-refractivity contribution in [3.63, 3.8) is 0 Å². The van der Waals surface area contributed by atoms with Crippen LogP contribution in [0.1, 0.15) is 59.9 Å². The van der Waals surface area contributed by atoms with Crippen molar-refractivity contribution in [3.8, 4) is 11.5 Å². The number of nitrogens with one attached hydrogen (secondary N) is 2. The average molecular weight is 622 g/mol. The van der Waals surface area contributed by atoms with Crippen LogP contribution in [0.15, 0.2) is 53.7 Å². The van der Waals surface area contributed by atoms with Gasteiger partial charge in [-0.15, -0.1) is 0 Å². The van der Waals surface area contributed by atoms with Gasteiger partial charge in [-0.1, -0.05) is 17.3 Å². The van der Waals surface area contributed by atoms with Gasteiger partial charge in [0.25, 0.3) is 11.8 Å². The number of hydrogen-bond acceptors (Lipinski definition) is 11. The summed E-state index contributed by atoms with van der Waals surface area (Å²) in [4.78, 5) is 50.8. The van der Waals surface area contributed by atoms with Crippen LogP contribution in [0.4, 0.5) is 8.78 Å². The number of rotatable bonds is 10. The van der Waals surface area contributed by atoms with E-state index in [0.717, 1.165) is 6.21 Å². The highest BCUT2D eigenvalue weighted by Crippen LogP contribution is 2.19. The van der Waals surface area contributed by atoms with Crippen LogP contribution in [0.2, 0.25) is 0 Å². The summed E-state index contributed by atoms with van der Waals surface area (Å²) in [5, 5.41) is 16.7. The maximum Gasteiger partial charge on any atom is 0.270 e. The first-order valence-corrected chi connectivity index (χ1v) is 13.1. The number of carbonyl (C=O) groups excluding carboxylic acids is 3. The summed E-state index contributed by atoms with van der Waals surface area (Å²) in [5.41, 5.74) is 2.05. The number of ether oxygens (including phenoxy) is 2. The molecule has 2 heterocycles. The third-order valence-corrected chi connectivity index (χ3v) is 5.83. The molecule has 45 heavy (non-hydrogen) atoms. The van der Waals surface area contributed by atoms with Crippen LogP contribution in [-0.4, -0.2) is 63.7 Å². The summed E-state index contributed by atoms with van der Waals surface area (Å²) in [6.07, 6.45) is 1.66. The lowest BCUT2D eigenvalue weighted by atomic mass is 10.2. The molecule has 0 saturated heterocycles. The summed E-state index contributed by atoms with van der Waals surface area (Å²) in [6, 6.07) is 11.3. The van der Waals surface area contributed by atoms with Crippen molar-refractivity contribution >= 4 is 24.3 Å². The van der Waals surface area contributed by atoms with Gasteiger partial charge >= 0.3 is 0 Å². The minimum atomic E-state index is -0.473. The molecular formula is C30H29F2N7O6. The number of amides is 2. The van der Waals surface area contributed by atoms with E-state index in [-0.39, 0.29) is 41.7 Å². The van der Waals surface area contributed by atoms with E-state index in [2.05, 4.69) is 35.7 Å². The van der Waals surface area contributed by atoms with Crippen molar-refractivity contribution < 1.29 is 37.8 Å². The first-order chi connectivity index (χ1) is 21.6. The third-order valence-electron chi connectivity index (χ3n) is 5.83. The highest BCUT2D eigenvalue weighted by Gasteiger charge is 2.12. The van der Waals surface area contributed by atoms with Gasteiger partial charge in [0.15, 0.2) is 29.4 Å². The standard InChI is InChI=1S/C15H15FN4O3.C15H14FN3O3/c1-9-19-11(8-18-22)6-13(20-9)15(21)17-7-10-3-4-12(16)14(5-10)23-2;1-9-18-11(8-20)6-13(19-9)15(21)17-7-10-3-4-12(16)14(5-10)22-2/h3-6,8,22H,7H2,1-2H3,(H,17,21);3-6,8H,7H2,1-2H3,(H,17,21)/b18-8+;. The Labute approximate surface area is 256 Å². The fraction of sp³-hybridized carbons (Fsp3) is 0.200. The van der Waals surface area contributed by atoms with Gasteiger partial charge in [-0.3, -0.25) is 14.4 Å². The Bertz CT molecular complexity index is 1720. The molecule has 0 aliphatic carbocycles. The Kier molecular flexibility index (Phi) is 12.0. The number of benzene rings is 2. The molecule has 15 heteroatoms. The predicted octanol–water partition coefficient (Wildman–Crippen LogP) is 3.35. The van der Waals surface area contributed by atoms with Crippen molar-refractivity contribution in [2.45, 2.75) is 26.9 Å². The second-order valence-electron chi connectivity index (χ2n) is 9.12. The Morgan fingerprint density at radius 2 is 1.22 bits per heavy atom. The molecule has 2 aromatic heterocycles. The van der Waals surface area contributed by atoms with E-state index in [1.165, 1.54) is 50.6 Å². The van der Waals surface area contributed by atoms with E-state index in [1.807, 2.05) is 0 Å². The average Bonchev–Trinajstić information content (AvgIpc) is 3.03. The Hall–Kier alpha value is -5.86. The van der Waals surface area contributed by atoms with Crippen LogP contribution >= 0.6 is 0 Å². The van der Waals surface area contributed by atoms with E-state index < -0.39 is 23.4 Å². The van der Waals surface area contributed by atoms with Crippen LogP contribution < -0.4 is 20.1 Å². The van der Waals surface area contributed by atoms with Crippen molar-refractivity contribution in [2.75, 3.05) is 14.2 Å². The molecule has 2 amide bonds. The minimum Gasteiger partial charge on any atom is -0.494 e. The largest absolute Gasteiger partial charge is 0.494 e. The number of nitrogens with zero attached hydrogens (tertiary/aromatic N) is 5. The molecule has 0 saturated carbocycles. The first kappa shape index (κ1) is 33.6. The maximum absolute atomic E-state index is 13.3. The molecule has 0 fully saturated rings. The molecular weight excluding hydrogens is 592 g/mol. The summed E-state index contributed by atoms with van der Waals surface area (Å²) in [7, 11) is 2.74. The van der Waals surface area contributed by atoms with E-state index in [9.17, 15) is 23.2 Å². The number of oxime groups is 1. The molecule has 0 aliphatic heterocycles.